The number of carbonyl (C=O) groups excluding carboxylic acids is 2. The number of fused-ring (bicyclic) bond motifs is 1. The summed E-state index contributed by atoms with van der Waals surface area (Å²) in [6, 6.07) is 14.2. The van der Waals surface area contributed by atoms with Crippen LogP contribution in [-0.2, 0) is 17.6 Å². The van der Waals surface area contributed by atoms with Crippen molar-refractivity contribution >= 4 is 23.2 Å². The van der Waals surface area contributed by atoms with Gasteiger partial charge in [0.15, 0.2) is 0 Å². The Kier molecular flexibility index (Phi) is 5.90. The molecule has 1 N–H and O–H groups in total. The van der Waals surface area contributed by atoms with Gasteiger partial charge in [-0.2, -0.15) is 0 Å². The van der Waals surface area contributed by atoms with Crippen molar-refractivity contribution < 1.29 is 9.59 Å². The first-order chi connectivity index (χ1) is 15.6. The fourth-order valence-electron chi connectivity index (χ4n) is 5.11. The summed E-state index contributed by atoms with van der Waals surface area (Å²) in [5.74, 6) is 1.25. The Hall–Kier alpha value is -2.82. The summed E-state index contributed by atoms with van der Waals surface area (Å²) in [4.78, 5) is 29.3. The third kappa shape index (κ3) is 4.67. The number of anilines is 2. The van der Waals surface area contributed by atoms with Crippen LogP contribution < -0.4 is 10.2 Å². The van der Waals surface area contributed by atoms with Gasteiger partial charge in [0, 0.05) is 49.5 Å². The average Bonchev–Trinajstić information content (AvgIpc) is 3.66. The van der Waals surface area contributed by atoms with Gasteiger partial charge in [-0.05, 0) is 86.3 Å². The molecular formula is C27H33N3O2. The van der Waals surface area contributed by atoms with Crippen molar-refractivity contribution in [1.29, 1.82) is 0 Å². The number of amides is 2. The number of aryl methyl sites for hydroxylation is 1. The van der Waals surface area contributed by atoms with E-state index in [1.54, 1.807) is 0 Å². The van der Waals surface area contributed by atoms with E-state index < -0.39 is 0 Å². The minimum Gasteiger partial charge on any atom is -0.374 e. The molecule has 1 aliphatic carbocycles. The highest BCUT2D eigenvalue weighted by molar-refractivity contribution is 6.04. The van der Waals surface area contributed by atoms with Crippen molar-refractivity contribution in [3.63, 3.8) is 0 Å². The molecule has 0 radical (unpaired) electrons. The van der Waals surface area contributed by atoms with Crippen LogP contribution in [0.1, 0.15) is 53.6 Å². The number of rotatable bonds is 5. The molecule has 0 spiro atoms. The highest BCUT2D eigenvalue weighted by Crippen LogP contribution is 2.33. The van der Waals surface area contributed by atoms with Crippen LogP contribution in [0.2, 0.25) is 0 Å². The van der Waals surface area contributed by atoms with Crippen molar-refractivity contribution in [3.05, 3.63) is 59.2 Å². The number of likely N-dealkylation sites (tertiary alicyclic amines) is 1. The molecule has 2 heterocycles. The number of nitrogens with zero attached hydrogens (tertiary/aromatic N) is 2. The first kappa shape index (κ1) is 21.0. The van der Waals surface area contributed by atoms with Gasteiger partial charge in [-0.3, -0.25) is 9.59 Å². The monoisotopic (exact) mass is 431 g/mol. The van der Waals surface area contributed by atoms with Crippen LogP contribution in [0.5, 0.6) is 0 Å². The van der Waals surface area contributed by atoms with E-state index in [-0.39, 0.29) is 5.91 Å². The molecule has 5 heteroatoms. The minimum atomic E-state index is -0.0677. The maximum absolute atomic E-state index is 12.8. The zero-order valence-electron chi connectivity index (χ0n) is 19.0. The van der Waals surface area contributed by atoms with Gasteiger partial charge in [-0.25, -0.2) is 0 Å². The van der Waals surface area contributed by atoms with Gasteiger partial charge in [-0.1, -0.05) is 18.2 Å². The number of benzene rings is 2. The first-order valence-electron chi connectivity index (χ1n) is 12.1. The molecule has 168 valence electrons. The molecule has 2 aromatic carbocycles. The van der Waals surface area contributed by atoms with Gasteiger partial charge in [0.25, 0.3) is 5.91 Å². The summed E-state index contributed by atoms with van der Waals surface area (Å²) in [5.41, 5.74) is 5.37. The Labute approximate surface area is 190 Å². The molecule has 2 aromatic rings. The number of hydrogen-bond acceptors (Lipinski definition) is 3. The van der Waals surface area contributed by atoms with Crippen LogP contribution in [0.25, 0.3) is 0 Å². The lowest BCUT2D eigenvalue weighted by Gasteiger charge is -2.32. The van der Waals surface area contributed by atoms with Crippen LogP contribution in [-0.4, -0.2) is 43.4 Å². The van der Waals surface area contributed by atoms with E-state index in [1.165, 1.54) is 23.2 Å². The SMILES string of the molecule is CN1CCCc2ccc(NC(=O)c3ccc(CC4CCN(C(=O)C5CC5)CC4)cc3)cc21. The maximum atomic E-state index is 12.8. The summed E-state index contributed by atoms with van der Waals surface area (Å²) in [6.07, 6.45) is 7.63. The summed E-state index contributed by atoms with van der Waals surface area (Å²) >= 11 is 0. The normalized spacial score (nSPS) is 18.9. The Balaban J connectivity index is 1.15. The highest BCUT2D eigenvalue weighted by Gasteiger charge is 2.34. The quantitative estimate of drug-likeness (QED) is 0.758. The van der Waals surface area contributed by atoms with Crippen LogP contribution in [0.15, 0.2) is 42.5 Å². The molecular weight excluding hydrogens is 398 g/mol. The van der Waals surface area contributed by atoms with Crippen molar-refractivity contribution in [2.75, 3.05) is 36.9 Å². The van der Waals surface area contributed by atoms with E-state index in [0.29, 0.717) is 23.3 Å². The molecule has 1 saturated heterocycles. The van der Waals surface area contributed by atoms with Crippen LogP contribution >= 0.6 is 0 Å². The van der Waals surface area contributed by atoms with E-state index >= 15 is 0 Å². The van der Waals surface area contributed by atoms with E-state index in [9.17, 15) is 9.59 Å². The molecule has 2 fully saturated rings. The summed E-state index contributed by atoms with van der Waals surface area (Å²) in [6.45, 7) is 2.86. The summed E-state index contributed by atoms with van der Waals surface area (Å²) in [5, 5.41) is 3.06. The molecule has 5 rings (SSSR count). The number of hydrogen-bond donors (Lipinski definition) is 1. The second-order valence-electron chi connectivity index (χ2n) is 9.77. The van der Waals surface area contributed by atoms with Gasteiger partial charge in [0.1, 0.15) is 0 Å². The van der Waals surface area contributed by atoms with Crippen molar-refractivity contribution in [1.82, 2.24) is 4.90 Å². The zero-order chi connectivity index (χ0) is 22.1. The van der Waals surface area contributed by atoms with Gasteiger partial charge < -0.3 is 15.1 Å². The molecule has 0 unspecified atom stereocenters. The van der Waals surface area contributed by atoms with E-state index in [4.69, 9.17) is 0 Å². The number of piperidine rings is 1. The molecule has 0 atom stereocenters. The average molecular weight is 432 g/mol. The molecule has 32 heavy (non-hydrogen) atoms. The van der Waals surface area contributed by atoms with Gasteiger partial charge in [-0.15, -0.1) is 0 Å². The topological polar surface area (TPSA) is 52.7 Å². The van der Waals surface area contributed by atoms with Gasteiger partial charge in [0.2, 0.25) is 5.91 Å². The zero-order valence-corrected chi connectivity index (χ0v) is 19.0. The fraction of sp³-hybridized carbons (Fsp3) is 0.481. The second kappa shape index (κ2) is 8.97. The van der Waals surface area contributed by atoms with E-state index in [2.05, 4.69) is 46.4 Å². The third-order valence-corrected chi connectivity index (χ3v) is 7.29. The molecule has 0 aromatic heterocycles. The molecule has 0 bridgehead atoms. The van der Waals surface area contributed by atoms with Gasteiger partial charge in [0.05, 0.1) is 0 Å². The van der Waals surface area contributed by atoms with Crippen molar-refractivity contribution in [2.45, 2.75) is 44.9 Å². The lowest BCUT2D eigenvalue weighted by molar-refractivity contribution is -0.133. The standard InChI is InChI=1S/C27H33N3O2/c1-29-14-2-3-21-10-11-24(18-25(21)29)28-26(31)22-6-4-19(5-7-22)17-20-12-15-30(16-13-20)27(32)23-8-9-23/h4-7,10-11,18,20,23H,2-3,8-9,12-17H2,1H3,(H,28,31). The highest BCUT2D eigenvalue weighted by atomic mass is 16.2. The smallest absolute Gasteiger partial charge is 0.255 e. The van der Waals surface area contributed by atoms with E-state index in [1.807, 2.05) is 18.2 Å². The lowest BCUT2D eigenvalue weighted by atomic mass is 9.89. The third-order valence-electron chi connectivity index (χ3n) is 7.29. The minimum absolute atomic E-state index is 0.0677. The Morgan fingerprint density at radius 3 is 2.44 bits per heavy atom. The molecule has 5 nitrogen and oxygen atoms in total. The Bertz CT molecular complexity index is 988. The molecule has 2 amide bonds. The Morgan fingerprint density at radius 1 is 0.969 bits per heavy atom. The molecule has 1 saturated carbocycles. The largest absolute Gasteiger partial charge is 0.374 e. The number of nitrogens with one attached hydrogen (secondary N) is 1. The molecule has 3 aliphatic rings. The van der Waals surface area contributed by atoms with E-state index in [0.717, 1.165) is 63.8 Å². The van der Waals surface area contributed by atoms with Crippen molar-refractivity contribution in [2.24, 2.45) is 11.8 Å². The number of carbonyl (C=O) groups is 2. The molecule has 2 aliphatic heterocycles. The first-order valence-corrected chi connectivity index (χ1v) is 12.1. The van der Waals surface area contributed by atoms with Crippen LogP contribution in [0.4, 0.5) is 11.4 Å². The second-order valence-corrected chi connectivity index (χ2v) is 9.77. The van der Waals surface area contributed by atoms with Crippen LogP contribution in [0, 0.1) is 11.8 Å². The summed E-state index contributed by atoms with van der Waals surface area (Å²) < 4.78 is 0. The van der Waals surface area contributed by atoms with Crippen LogP contribution in [0.3, 0.4) is 0 Å². The van der Waals surface area contributed by atoms with Gasteiger partial charge >= 0.3 is 0 Å². The lowest BCUT2D eigenvalue weighted by Crippen LogP contribution is -2.39. The predicted octanol–water partition coefficient (Wildman–Crippen LogP) is 4.51. The van der Waals surface area contributed by atoms with Crippen molar-refractivity contribution in [3.8, 4) is 0 Å². The Morgan fingerprint density at radius 2 is 1.72 bits per heavy atom. The summed E-state index contributed by atoms with van der Waals surface area (Å²) in [7, 11) is 2.11. The maximum Gasteiger partial charge on any atom is 0.255 e. The predicted molar refractivity (Wildman–Crippen MR) is 128 cm³/mol. The fourth-order valence-corrected chi connectivity index (χ4v) is 5.11.